The molecule has 1 aliphatic heterocycles. The third-order valence-electron chi connectivity index (χ3n) is 3.83. The molecule has 4 rings (SSSR count). The summed E-state index contributed by atoms with van der Waals surface area (Å²) >= 11 is 1.46. The summed E-state index contributed by atoms with van der Waals surface area (Å²) in [6, 6.07) is 13.4. The molecule has 25 heavy (non-hydrogen) atoms. The zero-order valence-corrected chi connectivity index (χ0v) is 14.2. The normalized spacial score (nSPS) is 12.6. The fourth-order valence-corrected chi connectivity index (χ4v) is 3.50. The van der Waals surface area contributed by atoms with Crippen LogP contribution in [0.4, 0.5) is 0 Å². The van der Waals surface area contributed by atoms with Gasteiger partial charge in [0.15, 0.2) is 11.5 Å². The Hall–Kier alpha value is -2.86. The first-order valence-electron chi connectivity index (χ1n) is 7.96. The lowest BCUT2D eigenvalue weighted by molar-refractivity contribution is 0.0955. The van der Waals surface area contributed by atoms with Crippen LogP contribution < -0.4 is 14.8 Å². The van der Waals surface area contributed by atoms with Crippen LogP contribution in [0.2, 0.25) is 0 Å². The maximum absolute atomic E-state index is 12.3. The first kappa shape index (κ1) is 15.7. The third-order valence-corrected chi connectivity index (χ3v) is 4.97. The van der Waals surface area contributed by atoms with Crippen LogP contribution in [0.15, 0.2) is 54.9 Å². The fourth-order valence-electron chi connectivity index (χ4n) is 2.58. The number of aromatic nitrogens is 1. The number of hydrogen-bond donors (Lipinski definition) is 1. The molecule has 3 heterocycles. The number of carbonyl (C=O) groups is 1. The highest BCUT2D eigenvalue weighted by Crippen LogP contribution is 2.36. The van der Waals surface area contributed by atoms with E-state index in [1.165, 1.54) is 11.3 Å². The lowest BCUT2D eigenvalue weighted by Crippen LogP contribution is -2.21. The van der Waals surface area contributed by atoms with Gasteiger partial charge < -0.3 is 14.8 Å². The van der Waals surface area contributed by atoms with Crippen LogP contribution in [0.25, 0.3) is 10.4 Å². The highest BCUT2D eigenvalue weighted by molar-refractivity contribution is 7.17. The predicted molar refractivity (Wildman–Crippen MR) is 96.2 cm³/mol. The van der Waals surface area contributed by atoms with Gasteiger partial charge in [-0.3, -0.25) is 9.78 Å². The Morgan fingerprint density at radius 1 is 1.12 bits per heavy atom. The van der Waals surface area contributed by atoms with Gasteiger partial charge in [-0.25, -0.2) is 0 Å². The van der Waals surface area contributed by atoms with Crippen molar-refractivity contribution in [2.75, 3.05) is 13.2 Å². The number of amides is 1. The number of fused-ring (bicyclic) bond motifs is 1. The Morgan fingerprint density at radius 2 is 2.00 bits per heavy atom. The molecule has 5 nitrogen and oxygen atoms in total. The van der Waals surface area contributed by atoms with E-state index < -0.39 is 0 Å². The second-order valence-corrected chi connectivity index (χ2v) is 6.65. The number of hydrogen-bond acceptors (Lipinski definition) is 5. The summed E-state index contributed by atoms with van der Waals surface area (Å²) in [5, 5.41) is 2.92. The molecule has 0 spiro atoms. The number of nitrogens with one attached hydrogen (secondary N) is 1. The zero-order chi connectivity index (χ0) is 17.1. The fraction of sp³-hybridized carbons (Fsp3) is 0.158. The minimum Gasteiger partial charge on any atom is -0.486 e. The number of benzene rings is 1. The Kier molecular flexibility index (Phi) is 4.35. The van der Waals surface area contributed by atoms with Crippen LogP contribution >= 0.6 is 11.3 Å². The highest BCUT2D eigenvalue weighted by Gasteiger charge is 2.15. The van der Waals surface area contributed by atoms with Gasteiger partial charge in [-0.15, -0.1) is 11.3 Å². The van der Waals surface area contributed by atoms with Gasteiger partial charge in [0.1, 0.15) is 13.2 Å². The number of carbonyl (C=O) groups excluding carboxylic acids is 1. The molecule has 0 atom stereocenters. The highest BCUT2D eigenvalue weighted by atomic mass is 32.1. The van der Waals surface area contributed by atoms with Crippen molar-refractivity contribution < 1.29 is 14.3 Å². The monoisotopic (exact) mass is 352 g/mol. The van der Waals surface area contributed by atoms with Crippen molar-refractivity contribution in [3.63, 3.8) is 0 Å². The molecule has 3 aromatic rings. The zero-order valence-electron chi connectivity index (χ0n) is 13.4. The maximum atomic E-state index is 12.3. The van der Waals surface area contributed by atoms with Crippen molar-refractivity contribution in [1.29, 1.82) is 0 Å². The Balaban J connectivity index is 1.47. The average Bonchev–Trinajstić information content (AvgIpc) is 3.17. The van der Waals surface area contributed by atoms with E-state index in [4.69, 9.17) is 9.47 Å². The Morgan fingerprint density at radius 3 is 2.84 bits per heavy atom. The van der Waals surface area contributed by atoms with Crippen molar-refractivity contribution in [3.05, 3.63) is 65.3 Å². The Bertz CT molecular complexity index is 893. The predicted octanol–water partition coefficient (Wildman–Crippen LogP) is 3.51. The van der Waals surface area contributed by atoms with Gasteiger partial charge in [-0.1, -0.05) is 6.07 Å². The van der Waals surface area contributed by atoms with E-state index >= 15 is 0 Å². The molecular weight excluding hydrogens is 336 g/mol. The molecule has 0 aliphatic carbocycles. The van der Waals surface area contributed by atoms with Gasteiger partial charge >= 0.3 is 0 Å². The molecule has 6 heteroatoms. The molecule has 0 radical (unpaired) electrons. The molecule has 0 bridgehead atoms. The van der Waals surface area contributed by atoms with Gasteiger partial charge in [-0.2, -0.15) is 0 Å². The minimum absolute atomic E-state index is 0.0855. The van der Waals surface area contributed by atoms with E-state index in [2.05, 4.69) is 10.3 Å². The van der Waals surface area contributed by atoms with Crippen LogP contribution in [0.3, 0.4) is 0 Å². The summed E-state index contributed by atoms with van der Waals surface area (Å²) in [6.45, 7) is 1.60. The molecule has 0 saturated carbocycles. The van der Waals surface area contributed by atoms with Crippen molar-refractivity contribution >= 4 is 17.2 Å². The lowest BCUT2D eigenvalue weighted by atomic mass is 10.1. The third kappa shape index (κ3) is 3.49. The molecule has 2 aromatic heterocycles. The van der Waals surface area contributed by atoms with Gasteiger partial charge in [0.25, 0.3) is 5.91 Å². The standard InChI is InChI=1S/C19H16N2O3S/c22-19(21-12-13-2-1-7-20-11-13)18-6-5-17(25-18)14-3-4-15-16(10-14)24-9-8-23-15/h1-7,10-11H,8-9,12H2,(H,21,22). The molecule has 1 aliphatic rings. The summed E-state index contributed by atoms with van der Waals surface area (Å²) in [4.78, 5) is 18.1. The van der Waals surface area contributed by atoms with E-state index in [9.17, 15) is 4.79 Å². The second kappa shape index (κ2) is 6.94. The molecule has 0 saturated heterocycles. The van der Waals surface area contributed by atoms with E-state index in [0.29, 0.717) is 24.6 Å². The maximum Gasteiger partial charge on any atom is 0.261 e. The SMILES string of the molecule is O=C(NCc1cccnc1)c1ccc(-c2ccc3c(c2)OCCO3)s1. The molecule has 1 N–H and O–H groups in total. The van der Waals surface area contributed by atoms with E-state index in [-0.39, 0.29) is 5.91 Å². The van der Waals surface area contributed by atoms with E-state index in [0.717, 1.165) is 27.5 Å². The molecule has 0 fully saturated rings. The Labute approximate surface area is 149 Å². The van der Waals surface area contributed by atoms with E-state index in [1.54, 1.807) is 12.4 Å². The first-order chi connectivity index (χ1) is 12.3. The van der Waals surface area contributed by atoms with E-state index in [1.807, 2.05) is 42.5 Å². The van der Waals surface area contributed by atoms with Crippen LogP contribution in [0.5, 0.6) is 11.5 Å². The topological polar surface area (TPSA) is 60.5 Å². The molecule has 1 aromatic carbocycles. The van der Waals surface area contributed by atoms with Crippen LogP contribution in [-0.2, 0) is 6.54 Å². The van der Waals surface area contributed by atoms with Crippen molar-refractivity contribution in [2.24, 2.45) is 0 Å². The summed E-state index contributed by atoms with van der Waals surface area (Å²) in [6.07, 6.45) is 3.46. The molecule has 0 unspecified atom stereocenters. The smallest absolute Gasteiger partial charge is 0.261 e. The van der Waals surface area contributed by atoms with Crippen LogP contribution in [0.1, 0.15) is 15.2 Å². The average molecular weight is 352 g/mol. The van der Waals surface area contributed by atoms with Crippen LogP contribution in [0, 0.1) is 0 Å². The minimum atomic E-state index is -0.0855. The quantitative estimate of drug-likeness (QED) is 0.781. The summed E-state index contributed by atoms with van der Waals surface area (Å²) in [7, 11) is 0. The second-order valence-electron chi connectivity index (χ2n) is 5.57. The van der Waals surface area contributed by atoms with Gasteiger partial charge in [0.2, 0.25) is 0 Å². The van der Waals surface area contributed by atoms with Crippen molar-refractivity contribution in [3.8, 4) is 21.9 Å². The molecule has 126 valence electrons. The lowest BCUT2D eigenvalue weighted by Gasteiger charge is -2.18. The largest absolute Gasteiger partial charge is 0.486 e. The summed E-state index contributed by atoms with van der Waals surface area (Å²) in [5.74, 6) is 1.43. The number of pyridine rings is 1. The number of nitrogens with zero attached hydrogens (tertiary/aromatic N) is 1. The number of thiophene rings is 1. The van der Waals surface area contributed by atoms with Gasteiger partial charge in [-0.05, 0) is 47.5 Å². The number of ether oxygens (including phenoxy) is 2. The van der Waals surface area contributed by atoms with Crippen molar-refractivity contribution in [2.45, 2.75) is 6.54 Å². The van der Waals surface area contributed by atoms with Crippen molar-refractivity contribution in [1.82, 2.24) is 10.3 Å². The van der Waals surface area contributed by atoms with Gasteiger partial charge in [0, 0.05) is 23.8 Å². The number of rotatable bonds is 4. The summed E-state index contributed by atoms with van der Waals surface area (Å²) in [5.41, 5.74) is 1.99. The molecule has 1 amide bonds. The molecular formula is C19H16N2O3S. The van der Waals surface area contributed by atoms with Crippen LogP contribution in [-0.4, -0.2) is 24.1 Å². The van der Waals surface area contributed by atoms with Gasteiger partial charge in [0.05, 0.1) is 4.88 Å². The first-order valence-corrected chi connectivity index (χ1v) is 8.78. The summed E-state index contributed by atoms with van der Waals surface area (Å²) < 4.78 is 11.2.